The van der Waals surface area contributed by atoms with E-state index in [1.54, 1.807) is 24.4 Å². The van der Waals surface area contributed by atoms with Gasteiger partial charge in [0.25, 0.3) is 0 Å². The number of pyridine rings is 1. The van der Waals surface area contributed by atoms with Crippen molar-refractivity contribution >= 4 is 29.8 Å². The smallest absolute Gasteiger partial charge is 0.349 e. The van der Waals surface area contributed by atoms with E-state index >= 15 is 0 Å². The maximum absolute atomic E-state index is 12.1. The Labute approximate surface area is 181 Å². The molecule has 3 aromatic rings. The molecule has 2 aromatic carbocycles. The molecule has 0 radical (unpaired) electrons. The molecule has 0 saturated heterocycles. The first-order valence-corrected chi connectivity index (χ1v) is 9.81. The molecule has 6 nitrogen and oxygen atoms in total. The molecular formula is C25H24N2O4. The molecule has 1 aromatic heterocycles. The number of hydrogen-bond donors (Lipinski definition) is 1. The highest BCUT2D eigenvalue weighted by atomic mass is 16.6. The summed E-state index contributed by atoms with van der Waals surface area (Å²) in [5.74, 6) is 0.989. The monoisotopic (exact) mass is 416 g/mol. The van der Waals surface area contributed by atoms with Crippen molar-refractivity contribution in [3.8, 4) is 11.5 Å². The summed E-state index contributed by atoms with van der Waals surface area (Å²) < 4.78 is 10.9. The van der Waals surface area contributed by atoms with Crippen molar-refractivity contribution in [3.05, 3.63) is 83.0 Å². The minimum Gasteiger partial charge on any atom is -0.482 e. The third kappa shape index (κ3) is 6.82. The number of nitrogens with zero attached hydrogens (tertiary/aromatic N) is 1. The highest BCUT2D eigenvalue weighted by Gasteiger charge is 2.08. The fourth-order valence-electron chi connectivity index (χ4n) is 2.80. The summed E-state index contributed by atoms with van der Waals surface area (Å²) in [6, 6.07) is 16.6. The first kappa shape index (κ1) is 21.8. The average Bonchev–Trinajstić information content (AvgIpc) is 2.74. The van der Waals surface area contributed by atoms with Crippen molar-refractivity contribution in [3.63, 3.8) is 0 Å². The number of carbonyl (C=O) groups excluding carboxylic acids is 2. The highest BCUT2D eigenvalue weighted by molar-refractivity contribution is 5.88. The van der Waals surface area contributed by atoms with Gasteiger partial charge in [0.1, 0.15) is 17.3 Å². The van der Waals surface area contributed by atoms with Crippen LogP contribution in [0.1, 0.15) is 29.2 Å². The van der Waals surface area contributed by atoms with Crippen molar-refractivity contribution in [1.29, 1.82) is 0 Å². The predicted octanol–water partition coefficient (Wildman–Crippen LogP) is 4.81. The van der Waals surface area contributed by atoms with Gasteiger partial charge in [-0.3, -0.25) is 4.79 Å². The van der Waals surface area contributed by atoms with Gasteiger partial charge in [-0.25, -0.2) is 9.78 Å². The second-order valence-electron chi connectivity index (χ2n) is 7.09. The third-order valence-electron chi connectivity index (χ3n) is 4.36. The van der Waals surface area contributed by atoms with Crippen LogP contribution in [0.3, 0.4) is 0 Å². The van der Waals surface area contributed by atoms with E-state index in [0.29, 0.717) is 17.3 Å². The molecular weight excluding hydrogens is 392 g/mol. The molecule has 0 saturated carbocycles. The van der Waals surface area contributed by atoms with E-state index in [4.69, 9.17) is 9.47 Å². The van der Waals surface area contributed by atoms with Gasteiger partial charge in [-0.1, -0.05) is 36.4 Å². The molecule has 0 aliphatic carbocycles. The average molecular weight is 416 g/mol. The fourth-order valence-corrected chi connectivity index (χ4v) is 2.80. The standard InChI is InChI=1S/C25H24N2O4/c1-17-4-5-18(2)23(14-17)30-16-25(29)31-22-10-8-20(9-11-22)6-7-21-12-13-26-24(15-21)27-19(3)28/h4-15H,16H2,1-3H3,(H,26,27,28)/b7-6+. The normalized spacial score (nSPS) is 10.7. The molecule has 158 valence electrons. The fraction of sp³-hybridized carbons (Fsp3) is 0.160. The molecule has 1 amide bonds. The summed E-state index contributed by atoms with van der Waals surface area (Å²) in [6.07, 6.45) is 5.46. The lowest BCUT2D eigenvalue weighted by molar-refractivity contribution is -0.136. The lowest BCUT2D eigenvalue weighted by atomic mass is 10.1. The Morgan fingerprint density at radius 1 is 0.968 bits per heavy atom. The van der Waals surface area contributed by atoms with Gasteiger partial charge in [0, 0.05) is 13.1 Å². The Hall–Kier alpha value is -3.93. The molecule has 0 spiro atoms. The molecule has 1 N–H and O–H groups in total. The zero-order chi connectivity index (χ0) is 22.2. The Bertz CT molecular complexity index is 1100. The van der Waals surface area contributed by atoms with E-state index in [0.717, 1.165) is 22.3 Å². The largest absolute Gasteiger partial charge is 0.482 e. The van der Waals surface area contributed by atoms with Crippen LogP contribution in [0.25, 0.3) is 12.2 Å². The minimum absolute atomic E-state index is 0.162. The zero-order valence-corrected chi connectivity index (χ0v) is 17.7. The van der Waals surface area contributed by atoms with Crippen LogP contribution in [0.5, 0.6) is 11.5 Å². The SMILES string of the molecule is CC(=O)Nc1cc(/C=C/c2ccc(OC(=O)COc3cc(C)ccc3C)cc2)ccn1. The number of aromatic nitrogens is 1. The number of anilines is 1. The molecule has 3 rings (SSSR count). The number of aryl methyl sites for hydroxylation is 2. The molecule has 0 bridgehead atoms. The number of benzene rings is 2. The number of hydrogen-bond acceptors (Lipinski definition) is 5. The molecule has 0 aliphatic rings. The Morgan fingerprint density at radius 3 is 2.45 bits per heavy atom. The number of ether oxygens (including phenoxy) is 2. The van der Waals surface area contributed by atoms with E-state index < -0.39 is 5.97 Å². The number of amides is 1. The lowest BCUT2D eigenvalue weighted by Crippen LogP contribution is -2.18. The summed E-state index contributed by atoms with van der Waals surface area (Å²) in [5, 5.41) is 2.65. The van der Waals surface area contributed by atoms with Crippen LogP contribution in [0, 0.1) is 13.8 Å². The van der Waals surface area contributed by atoms with Gasteiger partial charge in [-0.05, 0) is 66.4 Å². The summed E-state index contributed by atoms with van der Waals surface area (Å²) in [5.41, 5.74) is 3.87. The maximum atomic E-state index is 12.1. The third-order valence-corrected chi connectivity index (χ3v) is 4.36. The van der Waals surface area contributed by atoms with Gasteiger partial charge < -0.3 is 14.8 Å². The second kappa shape index (κ2) is 10.2. The Balaban J connectivity index is 1.55. The topological polar surface area (TPSA) is 77.5 Å². The van der Waals surface area contributed by atoms with Crippen molar-refractivity contribution in [2.24, 2.45) is 0 Å². The summed E-state index contributed by atoms with van der Waals surface area (Å²) in [4.78, 5) is 27.3. The minimum atomic E-state index is -0.466. The van der Waals surface area contributed by atoms with Crippen LogP contribution in [0.15, 0.2) is 60.8 Å². The van der Waals surface area contributed by atoms with Crippen LogP contribution in [0.4, 0.5) is 5.82 Å². The van der Waals surface area contributed by atoms with Gasteiger partial charge in [-0.2, -0.15) is 0 Å². The highest BCUT2D eigenvalue weighted by Crippen LogP contribution is 2.20. The number of esters is 1. The molecule has 0 aliphatic heterocycles. The maximum Gasteiger partial charge on any atom is 0.349 e. The molecule has 0 atom stereocenters. The first-order chi connectivity index (χ1) is 14.9. The Kier molecular flexibility index (Phi) is 7.17. The van der Waals surface area contributed by atoms with Gasteiger partial charge in [0.2, 0.25) is 5.91 Å². The molecule has 0 unspecified atom stereocenters. The van der Waals surface area contributed by atoms with E-state index in [1.807, 2.05) is 62.4 Å². The van der Waals surface area contributed by atoms with E-state index in [1.165, 1.54) is 6.92 Å². The van der Waals surface area contributed by atoms with Crippen molar-refractivity contribution in [2.75, 3.05) is 11.9 Å². The molecule has 31 heavy (non-hydrogen) atoms. The van der Waals surface area contributed by atoms with Gasteiger partial charge in [0.05, 0.1) is 0 Å². The molecule has 1 heterocycles. The van der Waals surface area contributed by atoms with Crippen LogP contribution >= 0.6 is 0 Å². The van der Waals surface area contributed by atoms with Crippen LogP contribution < -0.4 is 14.8 Å². The zero-order valence-electron chi connectivity index (χ0n) is 17.7. The number of carbonyl (C=O) groups is 2. The van der Waals surface area contributed by atoms with E-state index in [2.05, 4.69) is 10.3 Å². The lowest BCUT2D eigenvalue weighted by Gasteiger charge is -2.10. The Morgan fingerprint density at radius 2 is 1.71 bits per heavy atom. The van der Waals surface area contributed by atoms with Crippen LogP contribution in [-0.2, 0) is 9.59 Å². The first-order valence-electron chi connectivity index (χ1n) is 9.81. The van der Waals surface area contributed by atoms with E-state index in [9.17, 15) is 9.59 Å². The van der Waals surface area contributed by atoms with Gasteiger partial charge >= 0.3 is 5.97 Å². The van der Waals surface area contributed by atoms with Gasteiger partial charge in [-0.15, -0.1) is 0 Å². The molecule has 0 fully saturated rings. The number of rotatable bonds is 7. The predicted molar refractivity (Wildman–Crippen MR) is 121 cm³/mol. The number of nitrogens with one attached hydrogen (secondary N) is 1. The van der Waals surface area contributed by atoms with Crippen molar-refractivity contribution < 1.29 is 19.1 Å². The van der Waals surface area contributed by atoms with Crippen molar-refractivity contribution in [1.82, 2.24) is 4.98 Å². The molecule has 6 heteroatoms. The summed E-state index contributed by atoms with van der Waals surface area (Å²) in [7, 11) is 0. The summed E-state index contributed by atoms with van der Waals surface area (Å²) >= 11 is 0. The quantitative estimate of drug-likeness (QED) is 0.442. The van der Waals surface area contributed by atoms with E-state index in [-0.39, 0.29) is 12.5 Å². The van der Waals surface area contributed by atoms with Crippen molar-refractivity contribution in [2.45, 2.75) is 20.8 Å². The van der Waals surface area contributed by atoms with Gasteiger partial charge in [0.15, 0.2) is 6.61 Å². The second-order valence-corrected chi connectivity index (χ2v) is 7.09. The van der Waals surface area contributed by atoms with Crippen LogP contribution in [-0.4, -0.2) is 23.5 Å². The van der Waals surface area contributed by atoms with Crippen LogP contribution in [0.2, 0.25) is 0 Å². The summed E-state index contributed by atoms with van der Waals surface area (Å²) in [6.45, 7) is 5.18.